The van der Waals surface area contributed by atoms with Gasteiger partial charge < -0.3 is 5.11 Å². The molecule has 0 bridgehead atoms. The van der Waals surface area contributed by atoms with Gasteiger partial charge in [-0.15, -0.1) is 0 Å². The van der Waals surface area contributed by atoms with E-state index in [2.05, 4.69) is 32.6 Å². The van der Waals surface area contributed by atoms with Crippen LogP contribution in [-0.2, 0) is 0 Å². The van der Waals surface area contributed by atoms with Gasteiger partial charge in [0.15, 0.2) is 0 Å². The fourth-order valence-electron chi connectivity index (χ4n) is 2.93. The summed E-state index contributed by atoms with van der Waals surface area (Å²) in [6.07, 6.45) is 5.55. The van der Waals surface area contributed by atoms with Gasteiger partial charge in [-0.2, -0.15) is 0 Å². The largest absolute Gasteiger partial charge is 0.391 e. The van der Waals surface area contributed by atoms with Crippen LogP contribution in [0.1, 0.15) is 59.8 Å². The minimum absolute atomic E-state index is 0.105. The highest BCUT2D eigenvalue weighted by Crippen LogP contribution is 2.37. The maximum absolute atomic E-state index is 10.2. The van der Waals surface area contributed by atoms with Crippen LogP contribution in [0.4, 0.5) is 0 Å². The molecule has 1 aliphatic rings. The molecule has 2 atom stereocenters. The van der Waals surface area contributed by atoms with Gasteiger partial charge in [-0.05, 0) is 50.6 Å². The molecule has 0 aromatic carbocycles. The van der Waals surface area contributed by atoms with Crippen molar-refractivity contribution in [3.05, 3.63) is 0 Å². The Hall–Kier alpha value is -0.0800. The molecule has 0 heterocycles. The van der Waals surface area contributed by atoms with Crippen LogP contribution in [0.5, 0.6) is 0 Å². The second kappa shape index (κ2) is 6.02. The standard InChI is InChI=1S/C14H29NO/c1-5-9-15(10-6-2)12-11-14(3,4)8-7-13(12)16/h12-13,16H,5-11H2,1-4H3. The second-order valence-electron chi connectivity index (χ2n) is 6.08. The van der Waals surface area contributed by atoms with Gasteiger partial charge in [0.2, 0.25) is 0 Å². The van der Waals surface area contributed by atoms with Crippen molar-refractivity contribution in [2.75, 3.05) is 13.1 Å². The third-order valence-corrected chi connectivity index (χ3v) is 3.81. The van der Waals surface area contributed by atoms with Crippen LogP contribution in [0.2, 0.25) is 0 Å². The van der Waals surface area contributed by atoms with Crippen molar-refractivity contribution >= 4 is 0 Å². The first-order valence-corrected chi connectivity index (χ1v) is 6.92. The Morgan fingerprint density at radius 1 is 1.19 bits per heavy atom. The van der Waals surface area contributed by atoms with E-state index in [9.17, 15) is 5.11 Å². The number of hydrogen-bond donors (Lipinski definition) is 1. The molecule has 96 valence electrons. The molecular weight excluding hydrogens is 198 g/mol. The van der Waals surface area contributed by atoms with Crippen LogP contribution in [0.15, 0.2) is 0 Å². The van der Waals surface area contributed by atoms with Crippen molar-refractivity contribution in [1.82, 2.24) is 4.90 Å². The van der Waals surface area contributed by atoms with E-state index in [0.29, 0.717) is 11.5 Å². The summed E-state index contributed by atoms with van der Waals surface area (Å²) in [6.45, 7) is 11.4. The Morgan fingerprint density at radius 2 is 1.75 bits per heavy atom. The number of nitrogens with zero attached hydrogens (tertiary/aromatic N) is 1. The van der Waals surface area contributed by atoms with Gasteiger partial charge in [0.05, 0.1) is 6.10 Å². The lowest BCUT2D eigenvalue weighted by Crippen LogP contribution is -2.49. The Balaban J connectivity index is 2.64. The van der Waals surface area contributed by atoms with Crippen molar-refractivity contribution in [2.45, 2.75) is 71.9 Å². The Labute approximate surface area is 101 Å². The summed E-state index contributed by atoms with van der Waals surface area (Å²) in [4.78, 5) is 2.51. The predicted molar refractivity (Wildman–Crippen MR) is 69.6 cm³/mol. The van der Waals surface area contributed by atoms with Crippen molar-refractivity contribution in [2.24, 2.45) is 5.41 Å². The molecular formula is C14H29NO. The zero-order chi connectivity index (χ0) is 12.2. The van der Waals surface area contributed by atoms with Crippen LogP contribution in [0.25, 0.3) is 0 Å². The Bertz CT molecular complexity index is 197. The van der Waals surface area contributed by atoms with Gasteiger partial charge in [0.25, 0.3) is 0 Å². The first kappa shape index (κ1) is 14.0. The van der Waals surface area contributed by atoms with Crippen LogP contribution in [0.3, 0.4) is 0 Å². The third kappa shape index (κ3) is 3.74. The summed E-state index contributed by atoms with van der Waals surface area (Å²) in [5.74, 6) is 0. The maximum atomic E-state index is 10.2. The van der Waals surface area contributed by atoms with Crippen molar-refractivity contribution in [1.29, 1.82) is 0 Å². The molecule has 2 unspecified atom stereocenters. The third-order valence-electron chi connectivity index (χ3n) is 3.81. The predicted octanol–water partition coefficient (Wildman–Crippen LogP) is 3.05. The average molecular weight is 227 g/mol. The van der Waals surface area contributed by atoms with Gasteiger partial charge in [-0.25, -0.2) is 0 Å². The molecule has 1 fully saturated rings. The average Bonchev–Trinajstić information content (AvgIpc) is 2.22. The van der Waals surface area contributed by atoms with Crippen LogP contribution >= 0.6 is 0 Å². The molecule has 16 heavy (non-hydrogen) atoms. The molecule has 0 aromatic rings. The molecule has 1 aliphatic carbocycles. The van der Waals surface area contributed by atoms with Gasteiger partial charge in [0, 0.05) is 6.04 Å². The molecule has 0 spiro atoms. The molecule has 0 aromatic heterocycles. The normalized spacial score (nSPS) is 29.6. The van der Waals surface area contributed by atoms with E-state index < -0.39 is 0 Å². The van der Waals surface area contributed by atoms with E-state index in [-0.39, 0.29) is 6.10 Å². The molecule has 2 heteroatoms. The molecule has 0 saturated heterocycles. The topological polar surface area (TPSA) is 23.5 Å². The summed E-state index contributed by atoms with van der Waals surface area (Å²) in [6, 6.07) is 0.392. The molecule has 1 rings (SSSR count). The monoisotopic (exact) mass is 227 g/mol. The first-order chi connectivity index (χ1) is 7.50. The molecule has 0 aliphatic heterocycles. The minimum Gasteiger partial charge on any atom is -0.391 e. The summed E-state index contributed by atoms with van der Waals surface area (Å²) in [7, 11) is 0. The Kier molecular flexibility index (Phi) is 5.26. The lowest BCUT2D eigenvalue weighted by Gasteiger charge is -2.44. The first-order valence-electron chi connectivity index (χ1n) is 6.92. The number of aliphatic hydroxyl groups excluding tert-OH is 1. The molecule has 0 amide bonds. The number of hydrogen-bond acceptors (Lipinski definition) is 2. The summed E-state index contributed by atoms with van der Waals surface area (Å²) in [5.41, 5.74) is 0.406. The highest BCUT2D eigenvalue weighted by Gasteiger charge is 2.36. The lowest BCUT2D eigenvalue weighted by molar-refractivity contribution is -0.0172. The zero-order valence-electron chi connectivity index (χ0n) is 11.5. The SMILES string of the molecule is CCCN(CCC)C1CC(C)(C)CCC1O. The van der Waals surface area contributed by atoms with E-state index in [1.54, 1.807) is 0 Å². The van der Waals surface area contributed by atoms with Gasteiger partial charge in [-0.3, -0.25) is 4.90 Å². The van der Waals surface area contributed by atoms with Crippen LogP contribution in [0, 0.1) is 5.41 Å². The van der Waals surface area contributed by atoms with E-state index in [1.165, 1.54) is 12.8 Å². The molecule has 2 nitrogen and oxygen atoms in total. The van der Waals surface area contributed by atoms with Gasteiger partial charge >= 0.3 is 0 Å². The number of rotatable bonds is 5. The molecule has 1 saturated carbocycles. The summed E-state index contributed by atoms with van der Waals surface area (Å²) in [5, 5.41) is 10.2. The smallest absolute Gasteiger partial charge is 0.0695 e. The fourth-order valence-corrected chi connectivity index (χ4v) is 2.93. The zero-order valence-corrected chi connectivity index (χ0v) is 11.5. The number of aliphatic hydroxyl groups is 1. The highest BCUT2D eigenvalue weighted by atomic mass is 16.3. The van der Waals surface area contributed by atoms with E-state index in [1.807, 2.05) is 0 Å². The van der Waals surface area contributed by atoms with Crippen molar-refractivity contribution in [3.8, 4) is 0 Å². The quantitative estimate of drug-likeness (QED) is 0.780. The maximum Gasteiger partial charge on any atom is 0.0695 e. The molecule has 0 radical (unpaired) electrons. The van der Waals surface area contributed by atoms with E-state index >= 15 is 0 Å². The van der Waals surface area contributed by atoms with E-state index in [4.69, 9.17) is 0 Å². The van der Waals surface area contributed by atoms with Crippen LogP contribution < -0.4 is 0 Å². The lowest BCUT2D eigenvalue weighted by atomic mass is 9.73. The fraction of sp³-hybridized carbons (Fsp3) is 1.00. The van der Waals surface area contributed by atoms with Crippen LogP contribution in [-0.4, -0.2) is 35.2 Å². The molecule has 1 N–H and O–H groups in total. The van der Waals surface area contributed by atoms with Crippen molar-refractivity contribution in [3.63, 3.8) is 0 Å². The Morgan fingerprint density at radius 3 is 2.25 bits per heavy atom. The van der Waals surface area contributed by atoms with Crippen molar-refractivity contribution < 1.29 is 5.11 Å². The van der Waals surface area contributed by atoms with Gasteiger partial charge in [-0.1, -0.05) is 27.7 Å². The summed E-state index contributed by atoms with van der Waals surface area (Å²) >= 11 is 0. The van der Waals surface area contributed by atoms with Gasteiger partial charge in [0.1, 0.15) is 0 Å². The van der Waals surface area contributed by atoms with E-state index in [0.717, 1.165) is 32.4 Å². The summed E-state index contributed by atoms with van der Waals surface area (Å²) < 4.78 is 0. The second-order valence-corrected chi connectivity index (χ2v) is 6.08. The highest BCUT2D eigenvalue weighted by molar-refractivity contribution is 4.90. The minimum atomic E-state index is -0.105.